The van der Waals surface area contributed by atoms with Crippen LogP contribution in [0.1, 0.15) is 30.1 Å². The predicted molar refractivity (Wildman–Crippen MR) is 106 cm³/mol. The van der Waals surface area contributed by atoms with E-state index in [0.29, 0.717) is 29.2 Å². The van der Waals surface area contributed by atoms with Crippen LogP contribution in [0.3, 0.4) is 0 Å². The fourth-order valence-corrected chi connectivity index (χ4v) is 3.55. The highest BCUT2D eigenvalue weighted by atomic mass is 19.4. The van der Waals surface area contributed by atoms with Crippen LogP contribution in [0.25, 0.3) is 16.8 Å². The summed E-state index contributed by atoms with van der Waals surface area (Å²) >= 11 is 0. The summed E-state index contributed by atoms with van der Waals surface area (Å²) in [5, 5.41) is 8.91. The Kier molecular flexibility index (Phi) is 4.38. The SMILES string of the molecule is Cn1nc(C2CC2)cc1Cn1nc2ccc(-c3ccc(OC(F)(F)F)cc3)cn2c1=O. The minimum atomic E-state index is -4.74. The largest absolute Gasteiger partial charge is 0.573 e. The first kappa shape index (κ1) is 19.4. The van der Waals surface area contributed by atoms with Crippen LogP contribution in [-0.2, 0) is 13.6 Å². The zero-order valence-corrected chi connectivity index (χ0v) is 16.5. The van der Waals surface area contributed by atoms with E-state index in [4.69, 9.17) is 0 Å². The van der Waals surface area contributed by atoms with Crippen molar-refractivity contribution in [1.29, 1.82) is 0 Å². The van der Waals surface area contributed by atoms with Gasteiger partial charge < -0.3 is 4.74 Å². The molecule has 1 aliphatic rings. The molecule has 5 rings (SSSR count). The molecule has 4 aromatic rings. The van der Waals surface area contributed by atoms with E-state index >= 15 is 0 Å². The van der Waals surface area contributed by atoms with Crippen LogP contribution in [0, 0.1) is 0 Å². The van der Waals surface area contributed by atoms with E-state index in [0.717, 1.165) is 24.2 Å². The first-order chi connectivity index (χ1) is 14.8. The van der Waals surface area contributed by atoms with E-state index < -0.39 is 6.36 Å². The summed E-state index contributed by atoms with van der Waals surface area (Å²) in [4.78, 5) is 12.9. The number of aryl methyl sites for hydroxylation is 1. The van der Waals surface area contributed by atoms with Gasteiger partial charge in [-0.25, -0.2) is 13.9 Å². The summed E-state index contributed by atoms with van der Waals surface area (Å²) in [6, 6.07) is 11.0. The van der Waals surface area contributed by atoms with Gasteiger partial charge in [0.15, 0.2) is 5.65 Å². The van der Waals surface area contributed by atoms with E-state index in [1.165, 1.54) is 33.3 Å². The normalized spacial score (nSPS) is 14.3. The lowest BCUT2D eigenvalue weighted by Crippen LogP contribution is -2.22. The molecule has 160 valence electrons. The molecule has 3 heterocycles. The van der Waals surface area contributed by atoms with Gasteiger partial charge in [-0.3, -0.25) is 4.68 Å². The first-order valence-electron chi connectivity index (χ1n) is 9.75. The number of hydrogen-bond acceptors (Lipinski definition) is 4. The van der Waals surface area contributed by atoms with E-state index in [2.05, 4.69) is 14.9 Å². The number of alkyl halides is 3. The van der Waals surface area contributed by atoms with Crippen molar-refractivity contribution >= 4 is 5.65 Å². The maximum Gasteiger partial charge on any atom is 0.573 e. The quantitative estimate of drug-likeness (QED) is 0.485. The molecular formula is C21H18F3N5O2. The topological polar surface area (TPSA) is 66.3 Å². The smallest absolute Gasteiger partial charge is 0.406 e. The molecular weight excluding hydrogens is 411 g/mol. The van der Waals surface area contributed by atoms with Crippen LogP contribution in [-0.4, -0.2) is 30.3 Å². The van der Waals surface area contributed by atoms with Crippen LogP contribution < -0.4 is 10.4 Å². The van der Waals surface area contributed by atoms with Gasteiger partial charge in [-0.05, 0) is 54.3 Å². The Morgan fingerprint density at radius 1 is 1.06 bits per heavy atom. The minimum Gasteiger partial charge on any atom is -0.406 e. The number of nitrogens with zero attached hydrogens (tertiary/aromatic N) is 5. The van der Waals surface area contributed by atoms with Crippen LogP contribution in [0.4, 0.5) is 13.2 Å². The molecule has 1 aliphatic carbocycles. The molecule has 0 saturated heterocycles. The van der Waals surface area contributed by atoms with E-state index in [9.17, 15) is 18.0 Å². The van der Waals surface area contributed by atoms with Crippen molar-refractivity contribution in [3.63, 3.8) is 0 Å². The van der Waals surface area contributed by atoms with Gasteiger partial charge in [0.05, 0.1) is 17.9 Å². The molecule has 10 heteroatoms. The van der Waals surface area contributed by atoms with E-state index in [1.807, 2.05) is 13.1 Å². The Bertz CT molecular complexity index is 1310. The molecule has 0 bridgehead atoms. The average molecular weight is 429 g/mol. The van der Waals surface area contributed by atoms with Crippen molar-refractivity contribution in [2.45, 2.75) is 31.7 Å². The van der Waals surface area contributed by atoms with Crippen molar-refractivity contribution in [3.05, 3.63) is 70.5 Å². The van der Waals surface area contributed by atoms with Gasteiger partial charge in [-0.1, -0.05) is 12.1 Å². The Morgan fingerprint density at radius 3 is 2.45 bits per heavy atom. The molecule has 1 saturated carbocycles. The Morgan fingerprint density at radius 2 is 1.77 bits per heavy atom. The number of pyridine rings is 1. The van der Waals surface area contributed by atoms with Gasteiger partial charge in [0.25, 0.3) is 0 Å². The minimum absolute atomic E-state index is 0.301. The van der Waals surface area contributed by atoms with Crippen LogP contribution in [0.5, 0.6) is 5.75 Å². The number of ether oxygens (including phenoxy) is 1. The molecule has 0 amide bonds. The summed E-state index contributed by atoms with van der Waals surface area (Å²) in [6.07, 6.45) is -0.816. The molecule has 1 aromatic carbocycles. The Labute approximate surface area is 174 Å². The molecule has 31 heavy (non-hydrogen) atoms. The summed E-state index contributed by atoms with van der Waals surface area (Å²) in [6.45, 7) is 0.301. The molecule has 0 spiro atoms. The second-order valence-electron chi connectivity index (χ2n) is 7.62. The third kappa shape index (κ3) is 3.92. The third-order valence-electron chi connectivity index (χ3n) is 5.30. The molecule has 7 nitrogen and oxygen atoms in total. The van der Waals surface area contributed by atoms with Gasteiger partial charge in [-0.15, -0.1) is 18.3 Å². The molecule has 0 N–H and O–H groups in total. The van der Waals surface area contributed by atoms with Crippen molar-refractivity contribution in [2.24, 2.45) is 7.05 Å². The summed E-state index contributed by atoms with van der Waals surface area (Å²) in [7, 11) is 1.85. The molecule has 0 atom stereocenters. The number of benzene rings is 1. The van der Waals surface area contributed by atoms with E-state index in [1.54, 1.807) is 23.0 Å². The highest BCUT2D eigenvalue weighted by molar-refractivity contribution is 5.65. The third-order valence-corrected chi connectivity index (χ3v) is 5.30. The average Bonchev–Trinajstić information content (AvgIpc) is 3.44. The molecule has 3 aromatic heterocycles. The maximum absolute atomic E-state index is 12.9. The van der Waals surface area contributed by atoms with Gasteiger partial charge in [0, 0.05) is 19.2 Å². The lowest BCUT2D eigenvalue weighted by molar-refractivity contribution is -0.274. The van der Waals surface area contributed by atoms with Crippen molar-refractivity contribution in [3.8, 4) is 16.9 Å². The lowest BCUT2D eigenvalue weighted by atomic mass is 10.1. The zero-order chi connectivity index (χ0) is 21.8. The van der Waals surface area contributed by atoms with Gasteiger partial charge in [0.2, 0.25) is 0 Å². The fourth-order valence-electron chi connectivity index (χ4n) is 3.55. The standard InChI is InChI=1S/C21H18F3N5O2/c1-27-16(10-18(25-27)14-2-3-14)12-29-20(30)28-11-15(6-9-19(28)26-29)13-4-7-17(8-5-13)31-21(22,23)24/h4-11,14H,2-3,12H2,1H3. The van der Waals surface area contributed by atoms with Crippen molar-refractivity contribution in [1.82, 2.24) is 24.0 Å². The summed E-state index contributed by atoms with van der Waals surface area (Å²) < 4.78 is 45.5. The highest BCUT2D eigenvalue weighted by Crippen LogP contribution is 2.39. The summed E-state index contributed by atoms with van der Waals surface area (Å²) in [5.74, 6) is 0.220. The van der Waals surface area contributed by atoms with Crippen molar-refractivity contribution in [2.75, 3.05) is 0 Å². The number of aromatic nitrogens is 5. The summed E-state index contributed by atoms with van der Waals surface area (Å²) in [5.41, 5.74) is 3.45. The zero-order valence-electron chi connectivity index (χ0n) is 16.5. The second kappa shape index (κ2) is 7.00. The van der Waals surface area contributed by atoms with Crippen LogP contribution in [0.15, 0.2) is 53.5 Å². The lowest BCUT2D eigenvalue weighted by Gasteiger charge is -2.09. The second-order valence-corrected chi connectivity index (χ2v) is 7.62. The van der Waals surface area contributed by atoms with Gasteiger partial charge >= 0.3 is 12.1 Å². The maximum atomic E-state index is 12.9. The molecule has 1 fully saturated rings. The van der Waals surface area contributed by atoms with E-state index in [-0.39, 0.29) is 11.4 Å². The predicted octanol–water partition coefficient (Wildman–Crippen LogP) is 3.72. The monoisotopic (exact) mass is 429 g/mol. The highest BCUT2D eigenvalue weighted by Gasteiger charge is 2.31. The molecule has 0 aliphatic heterocycles. The van der Waals surface area contributed by atoms with Crippen LogP contribution >= 0.6 is 0 Å². The van der Waals surface area contributed by atoms with Crippen LogP contribution in [0.2, 0.25) is 0 Å². The Balaban J connectivity index is 1.43. The Hall–Kier alpha value is -3.56. The number of hydrogen-bond donors (Lipinski definition) is 0. The number of fused-ring (bicyclic) bond motifs is 1. The fraction of sp³-hybridized carbons (Fsp3) is 0.286. The first-order valence-corrected chi connectivity index (χ1v) is 9.75. The molecule has 0 radical (unpaired) electrons. The van der Waals surface area contributed by atoms with Crippen molar-refractivity contribution < 1.29 is 17.9 Å². The number of rotatable bonds is 5. The van der Waals surface area contributed by atoms with Gasteiger partial charge in [-0.2, -0.15) is 5.10 Å². The number of halogens is 3. The molecule has 0 unspecified atom stereocenters. The van der Waals surface area contributed by atoms with Gasteiger partial charge in [0.1, 0.15) is 5.75 Å².